The molecule has 0 fully saturated rings. The van der Waals surface area contributed by atoms with Crippen LogP contribution in [0.3, 0.4) is 0 Å². The Kier molecular flexibility index (Phi) is 9.17. The van der Waals surface area contributed by atoms with Gasteiger partial charge in [-0.1, -0.05) is 18.2 Å². The first kappa shape index (κ1) is 25.1. The van der Waals surface area contributed by atoms with Crippen molar-refractivity contribution in [2.75, 3.05) is 26.1 Å². The van der Waals surface area contributed by atoms with Crippen LogP contribution in [0.5, 0.6) is 5.75 Å². The molecule has 0 radical (unpaired) electrons. The standard InChI is InChI=1S/C24H26N2O7/c1-15-5-9-18(24(30)32-4)13-20(15)26-22(28)14-33-23(29)16(2)25-21(27)12-8-17-6-10-19(31-3)11-7-17/h5-13,16H,14H2,1-4H3,(H,25,27)(H,26,28). The molecule has 9 nitrogen and oxygen atoms in total. The molecule has 0 aliphatic heterocycles. The van der Waals surface area contributed by atoms with Crippen LogP contribution in [0.2, 0.25) is 0 Å². The average molecular weight is 454 g/mol. The van der Waals surface area contributed by atoms with Gasteiger partial charge in [-0.15, -0.1) is 0 Å². The van der Waals surface area contributed by atoms with Crippen molar-refractivity contribution in [2.24, 2.45) is 0 Å². The van der Waals surface area contributed by atoms with Gasteiger partial charge in [-0.05, 0) is 55.3 Å². The third kappa shape index (κ3) is 7.80. The molecule has 0 spiro atoms. The number of rotatable bonds is 9. The molecule has 2 aromatic rings. The van der Waals surface area contributed by atoms with Crippen LogP contribution in [-0.4, -0.2) is 50.6 Å². The molecule has 9 heteroatoms. The van der Waals surface area contributed by atoms with Gasteiger partial charge in [0.25, 0.3) is 5.91 Å². The zero-order chi connectivity index (χ0) is 24.4. The number of aryl methyl sites for hydroxylation is 1. The maximum absolute atomic E-state index is 12.2. The van der Waals surface area contributed by atoms with E-state index in [1.54, 1.807) is 56.5 Å². The number of anilines is 1. The number of nitrogens with one attached hydrogen (secondary N) is 2. The predicted molar refractivity (Wildman–Crippen MR) is 122 cm³/mol. The molecule has 33 heavy (non-hydrogen) atoms. The number of hydrogen-bond acceptors (Lipinski definition) is 7. The van der Waals surface area contributed by atoms with Gasteiger partial charge < -0.3 is 24.8 Å². The van der Waals surface area contributed by atoms with Crippen molar-refractivity contribution in [2.45, 2.75) is 19.9 Å². The van der Waals surface area contributed by atoms with Crippen LogP contribution < -0.4 is 15.4 Å². The number of methoxy groups -OCH3 is 2. The van der Waals surface area contributed by atoms with Gasteiger partial charge in [-0.25, -0.2) is 9.59 Å². The van der Waals surface area contributed by atoms with Gasteiger partial charge in [0.15, 0.2) is 6.61 Å². The third-order valence-electron chi connectivity index (χ3n) is 4.53. The van der Waals surface area contributed by atoms with E-state index < -0.39 is 36.4 Å². The number of carbonyl (C=O) groups excluding carboxylic acids is 4. The summed E-state index contributed by atoms with van der Waals surface area (Å²) in [6.07, 6.45) is 2.88. The van der Waals surface area contributed by atoms with E-state index in [-0.39, 0.29) is 5.56 Å². The summed E-state index contributed by atoms with van der Waals surface area (Å²) < 4.78 is 14.7. The number of hydrogen-bond donors (Lipinski definition) is 2. The number of amides is 2. The van der Waals surface area contributed by atoms with E-state index >= 15 is 0 Å². The molecular weight excluding hydrogens is 428 g/mol. The first-order valence-electron chi connectivity index (χ1n) is 10.0. The number of ether oxygens (including phenoxy) is 3. The zero-order valence-electron chi connectivity index (χ0n) is 18.8. The fourth-order valence-corrected chi connectivity index (χ4v) is 2.66. The molecule has 0 bridgehead atoms. The maximum Gasteiger partial charge on any atom is 0.337 e. The minimum atomic E-state index is -0.963. The summed E-state index contributed by atoms with van der Waals surface area (Å²) in [6.45, 7) is 2.64. The van der Waals surface area contributed by atoms with Crippen molar-refractivity contribution in [3.05, 3.63) is 65.2 Å². The second kappa shape index (κ2) is 12.0. The maximum atomic E-state index is 12.2. The fraction of sp³-hybridized carbons (Fsp3) is 0.250. The highest BCUT2D eigenvalue weighted by atomic mass is 16.5. The number of carbonyl (C=O) groups is 4. The molecule has 2 amide bonds. The van der Waals surface area contributed by atoms with Crippen LogP contribution in [0.1, 0.15) is 28.4 Å². The number of esters is 2. The molecule has 0 aromatic heterocycles. The Bertz CT molecular complexity index is 1050. The van der Waals surface area contributed by atoms with Crippen LogP contribution in [0.4, 0.5) is 5.69 Å². The number of benzene rings is 2. The molecule has 0 aliphatic carbocycles. The lowest BCUT2D eigenvalue weighted by Crippen LogP contribution is -2.39. The average Bonchev–Trinajstić information content (AvgIpc) is 2.82. The summed E-state index contributed by atoms with van der Waals surface area (Å²) in [7, 11) is 2.82. The van der Waals surface area contributed by atoms with E-state index in [2.05, 4.69) is 15.4 Å². The van der Waals surface area contributed by atoms with E-state index in [0.717, 1.165) is 5.56 Å². The quantitative estimate of drug-likeness (QED) is 0.441. The van der Waals surface area contributed by atoms with E-state index in [4.69, 9.17) is 9.47 Å². The highest BCUT2D eigenvalue weighted by Crippen LogP contribution is 2.17. The molecule has 0 saturated carbocycles. The molecule has 1 unspecified atom stereocenters. The Morgan fingerprint density at radius 2 is 1.73 bits per heavy atom. The minimum absolute atomic E-state index is 0.273. The highest BCUT2D eigenvalue weighted by molar-refractivity contribution is 5.97. The lowest BCUT2D eigenvalue weighted by atomic mass is 10.1. The van der Waals surface area contributed by atoms with Crippen LogP contribution >= 0.6 is 0 Å². The Morgan fingerprint density at radius 3 is 2.36 bits per heavy atom. The van der Waals surface area contributed by atoms with Gasteiger partial charge in [0.05, 0.1) is 19.8 Å². The zero-order valence-corrected chi connectivity index (χ0v) is 18.8. The molecule has 2 aromatic carbocycles. The molecule has 0 aliphatic rings. The Labute approximate surface area is 191 Å². The van der Waals surface area contributed by atoms with E-state index in [1.807, 2.05) is 0 Å². The highest BCUT2D eigenvalue weighted by Gasteiger charge is 2.18. The van der Waals surface area contributed by atoms with Gasteiger partial charge in [0, 0.05) is 11.8 Å². The first-order valence-corrected chi connectivity index (χ1v) is 10.0. The van der Waals surface area contributed by atoms with Crippen molar-refractivity contribution in [3.8, 4) is 5.75 Å². The normalized spacial score (nSPS) is 11.4. The summed E-state index contributed by atoms with van der Waals surface area (Å²) >= 11 is 0. The Balaban J connectivity index is 1.83. The van der Waals surface area contributed by atoms with Crippen molar-refractivity contribution in [3.63, 3.8) is 0 Å². The second-order valence-corrected chi connectivity index (χ2v) is 7.01. The summed E-state index contributed by atoms with van der Waals surface area (Å²) in [5, 5.41) is 5.05. The summed E-state index contributed by atoms with van der Waals surface area (Å²) in [5.41, 5.74) is 2.16. The molecule has 0 saturated heterocycles. The van der Waals surface area contributed by atoms with Gasteiger partial charge in [0.2, 0.25) is 5.91 Å². The van der Waals surface area contributed by atoms with Crippen molar-refractivity contribution in [1.29, 1.82) is 0 Å². The van der Waals surface area contributed by atoms with Gasteiger partial charge >= 0.3 is 11.9 Å². The van der Waals surface area contributed by atoms with Crippen LogP contribution in [0.15, 0.2) is 48.5 Å². The molecule has 0 heterocycles. The van der Waals surface area contributed by atoms with Gasteiger partial charge in [-0.2, -0.15) is 0 Å². The Hall–Kier alpha value is -4.14. The molecule has 174 valence electrons. The first-order chi connectivity index (χ1) is 15.7. The molecular formula is C24H26N2O7. The van der Waals surface area contributed by atoms with Gasteiger partial charge in [-0.3, -0.25) is 9.59 Å². The van der Waals surface area contributed by atoms with Crippen LogP contribution in [-0.2, 0) is 23.9 Å². The molecule has 2 rings (SSSR count). The topological polar surface area (TPSA) is 120 Å². The van der Waals surface area contributed by atoms with Crippen LogP contribution in [0.25, 0.3) is 6.08 Å². The van der Waals surface area contributed by atoms with Crippen molar-refractivity contribution < 1.29 is 33.4 Å². The van der Waals surface area contributed by atoms with E-state index in [1.165, 1.54) is 26.2 Å². The monoisotopic (exact) mass is 454 g/mol. The SMILES string of the molecule is COC(=O)c1ccc(C)c(NC(=O)COC(=O)C(C)NC(=O)C=Cc2ccc(OC)cc2)c1. The largest absolute Gasteiger partial charge is 0.497 e. The van der Waals surface area contributed by atoms with E-state index in [9.17, 15) is 19.2 Å². The summed E-state index contributed by atoms with van der Waals surface area (Å²) in [4.78, 5) is 48.0. The predicted octanol–water partition coefficient (Wildman–Crippen LogP) is 2.49. The van der Waals surface area contributed by atoms with Crippen molar-refractivity contribution >= 4 is 35.5 Å². The van der Waals surface area contributed by atoms with Gasteiger partial charge in [0.1, 0.15) is 11.8 Å². The molecule has 1 atom stereocenters. The summed E-state index contributed by atoms with van der Waals surface area (Å²) in [5.74, 6) is -1.69. The fourth-order valence-electron chi connectivity index (χ4n) is 2.66. The molecule has 2 N–H and O–H groups in total. The smallest absolute Gasteiger partial charge is 0.337 e. The Morgan fingerprint density at radius 1 is 1.03 bits per heavy atom. The van der Waals surface area contributed by atoms with Crippen LogP contribution in [0, 0.1) is 6.92 Å². The second-order valence-electron chi connectivity index (χ2n) is 7.01. The summed E-state index contributed by atoms with van der Waals surface area (Å²) in [6, 6.07) is 10.8. The third-order valence-corrected chi connectivity index (χ3v) is 4.53. The lowest BCUT2D eigenvalue weighted by molar-refractivity contribution is -0.149. The lowest BCUT2D eigenvalue weighted by Gasteiger charge is -2.13. The minimum Gasteiger partial charge on any atom is -0.497 e. The van der Waals surface area contributed by atoms with Crippen molar-refractivity contribution in [1.82, 2.24) is 5.32 Å². The van der Waals surface area contributed by atoms with E-state index in [0.29, 0.717) is 17.0 Å².